The molecular weight excluding hydrogens is 252 g/mol. The van der Waals surface area contributed by atoms with Crippen LogP contribution in [0.3, 0.4) is 0 Å². The Morgan fingerprint density at radius 3 is 2.82 bits per heavy atom. The predicted molar refractivity (Wildman–Crippen MR) is 74.3 cm³/mol. The summed E-state index contributed by atoms with van der Waals surface area (Å²) in [6, 6.07) is 3.69. The third kappa shape index (κ3) is 2.62. The van der Waals surface area contributed by atoms with Crippen LogP contribution in [0, 0.1) is 0 Å². The lowest BCUT2D eigenvalue weighted by Crippen LogP contribution is -2.27. The highest BCUT2D eigenvalue weighted by Crippen LogP contribution is 2.32. The molecule has 86 valence electrons. The summed E-state index contributed by atoms with van der Waals surface area (Å²) < 4.78 is 0.579. The number of carbonyl (C=O) groups is 1. The van der Waals surface area contributed by atoms with Gasteiger partial charge in [0.1, 0.15) is 4.32 Å². The lowest BCUT2D eigenvalue weighted by molar-refractivity contribution is -0.121. The Hall–Kier alpha value is -1.46. The summed E-state index contributed by atoms with van der Waals surface area (Å²) in [5.41, 5.74) is 0.944. The normalized spacial score (nSPS) is 17.9. The van der Waals surface area contributed by atoms with Crippen molar-refractivity contribution >= 4 is 40.3 Å². The van der Waals surface area contributed by atoms with E-state index in [0.717, 1.165) is 5.56 Å². The summed E-state index contributed by atoms with van der Waals surface area (Å²) in [5.74, 6) is -0.0586. The molecule has 1 amide bonds. The van der Waals surface area contributed by atoms with Crippen LogP contribution in [0.1, 0.15) is 5.56 Å². The number of nitrogens with zero attached hydrogens (tertiary/aromatic N) is 2. The molecular formula is C12H10N2OS2. The fourth-order valence-electron chi connectivity index (χ4n) is 1.40. The fourth-order valence-corrected chi connectivity index (χ4v) is 2.67. The molecule has 0 bridgehead atoms. The van der Waals surface area contributed by atoms with Crippen LogP contribution in [0.25, 0.3) is 6.08 Å². The largest absolute Gasteiger partial charge is 0.289 e. The van der Waals surface area contributed by atoms with Gasteiger partial charge in [-0.3, -0.25) is 14.7 Å². The van der Waals surface area contributed by atoms with Crippen LogP contribution in [0.2, 0.25) is 0 Å². The molecule has 0 N–H and O–H groups in total. The minimum absolute atomic E-state index is 0.0586. The average Bonchev–Trinajstić information content (AvgIpc) is 2.59. The van der Waals surface area contributed by atoms with E-state index in [1.807, 2.05) is 18.2 Å². The molecule has 1 aliphatic heterocycles. The summed E-state index contributed by atoms with van der Waals surface area (Å²) in [5, 5.41) is 0. The van der Waals surface area contributed by atoms with Crippen molar-refractivity contribution in [2.24, 2.45) is 0 Å². The van der Waals surface area contributed by atoms with Gasteiger partial charge in [-0.1, -0.05) is 30.1 Å². The second-order valence-electron chi connectivity index (χ2n) is 3.36. The van der Waals surface area contributed by atoms with E-state index in [1.54, 1.807) is 23.4 Å². The number of thioether (sulfide) groups is 1. The van der Waals surface area contributed by atoms with Gasteiger partial charge in [0.2, 0.25) is 0 Å². The molecule has 5 heteroatoms. The quantitative estimate of drug-likeness (QED) is 0.476. The number of hydrogen-bond donors (Lipinski definition) is 0. The SMILES string of the molecule is C=CCN1C(=O)/C(=C/c2ccncc2)SC1=S. The summed E-state index contributed by atoms with van der Waals surface area (Å²) in [4.78, 5) is 18.1. The van der Waals surface area contributed by atoms with Gasteiger partial charge in [-0.15, -0.1) is 6.58 Å². The number of carbonyl (C=O) groups excluding carboxylic acids is 1. The van der Waals surface area contributed by atoms with E-state index in [2.05, 4.69) is 11.6 Å². The second-order valence-corrected chi connectivity index (χ2v) is 5.04. The molecule has 1 aromatic rings. The van der Waals surface area contributed by atoms with Crippen LogP contribution in [-0.4, -0.2) is 26.7 Å². The molecule has 1 aromatic heterocycles. The second kappa shape index (κ2) is 5.25. The van der Waals surface area contributed by atoms with E-state index in [9.17, 15) is 4.79 Å². The molecule has 0 spiro atoms. The number of amides is 1. The summed E-state index contributed by atoms with van der Waals surface area (Å²) in [6.45, 7) is 4.07. The molecule has 0 unspecified atom stereocenters. The van der Waals surface area contributed by atoms with Crippen molar-refractivity contribution in [1.82, 2.24) is 9.88 Å². The molecule has 2 rings (SSSR count). The van der Waals surface area contributed by atoms with Crippen LogP contribution in [0.5, 0.6) is 0 Å². The zero-order chi connectivity index (χ0) is 12.3. The number of thiocarbonyl (C=S) groups is 1. The van der Waals surface area contributed by atoms with E-state index in [1.165, 1.54) is 11.8 Å². The minimum Gasteiger partial charge on any atom is -0.289 e. The topological polar surface area (TPSA) is 33.2 Å². The maximum atomic E-state index is 12.0. The Morgan fingerprint density at radius 1 is 1.47 bits per heavy atom. The summed E-state index contributed by atoms with van der Waals surface area (Å²) in [6.07, 6.45) is 6.87. The van der Waals surface area contributed by atoms with Crippen molar-refractivity contribution in [3.8, 4) is 0 Å². The van der Waals surface area contributed by atoms with Gasteiger partial charge in [-0.05, 0) is 23.8 Å². The first-order valence-electron chi connectivity index (χ1n) is 4.98. The maximum Gasteiger partial charge on any atom is 0.266 e. The van der Waals surface area contributed by atoms with Crippen molar-refractivity contribution in [2.75, 3.05) is 6.54 Å². The Labute approximate surface area is 109 Å². The van der Waals surface area contributed by atoms with Crippen molar-refractivity contribution in [2.45, 2.75) is 0 Å². The third-order valence-electron chi connectivity index (χ3n) is 2.19. The molecule has 0 aliphatic carbocycles. The fraction of sp³-hybridized carbons (Fsp3) is 0.0833. The van der Waals surface area contributed by atoms with Crippen LogP contribution >= 0.6 is 24.0 Å². The number of hydrogen-bond acceptors (Lipinski definition) is 4. The van der Waals surface area contributed by atoms with Gasteiger partial charge in [-0.2, -0.15) is 0 Å². The van der Waals surface area contributed by atoms with Crippen molar-refractivity contribution in [3.05, 3.63) is 47.6 Å². The smallest absolute Gasteiger partial charge is 0.266 e. The predicted octanol–water partition coefficient (Wildman–Crippen LogP) is 2.47. The van der Waals surface area contributed by atoms with Crippen molar-refractivity contribution in [3.63, 3.8) is 0 Å². The highest BCUT2D eigenvalue weighted by atomic mass is 32.2. The van der Waals surface area contributed by atoms with E-state index in [0.29, 0.717) is 15.8 Å². The zero-order valence-electron chi connectivity index (χ0n) is 9.00. The van der Waals surface area contributed by atoms with Gasteiger partial charge in [0.25, 0.3) is 5.91 Å². The van der Waals surface area contributed by atoms with Gasteiger partial charge >= 0.3 is 0 Å². The number of rotatable bonds is 3. The molecule has 1 saturated heterocycles. The highest BCUT2D eigenvalue weighted by Gasteiger charge is 2.30. The molecule has 0 saturated carbocycles. The van der Waals surface area contributed by atoms with Crippen LogP contribution in [0.4, 0.5) is 0 Å². The van der Waals surface area contributed by atoms with Crippen LogP contribution in [-0.2, 0) is 4.79 Å². The summed E-state index contributed by atoms with van der Waals surface area (Å²) >= 11 is 6.46. The Kier molecular flexibility index (Phi) is 3.71. The molecule has 1 fully saturated rings. The van der Waals surface area contributed by atoms with Crippen molar-refractivity contribution in [1.29, 1.82) is 0 Å². The maximum absolute atomic E-state index is 12.0. The van der Waals surface area contributed by atoms with E-state index >= 15 is 0 Å². The monoisotopic (exact) mass is 262 g/mol. The lowest BCUT2D eigenvalue weighted by atomic mass is 10.2. The van der Waals surface area contributed by atoms with Gasteiger partial charge in [0.05, 0.1) is 4.91 Å². The van der Waals surface area contributed by atoms with Crippen LogP contribution in [0.15, 0.2) is 42.1 Å². The molecule has 1 aliphatic rings. The molecule has 3 nitrogen and oxygen atoms in total. The first-order chi connectivity index (χ1) is 8.22. The first kappa shape index (κ1) is 12.0. The minimum atomic E-state index is -0.0586. The van der Waals surface area contributed by atoms with Crippen molar-refractivity contribution < 1.29 is 4.79 Å². The highest BCUT2D eigenvalue weighted by molar-refractivity contribution is 8.26. The molecule has 0 radical (unpaired) electrons. The average molecular weight is 262 g/mol. The van der Waals surface area contributed by atoms with E-state index in [-0.39, 0.29) is 5.91 Å². The van der Waals surface area contributed by atoms with Gasteiger partial charge in [0.15, 0.2) is 0 Å². The first-order valence-corrected chi connectivity index (χ1v) is 6.21. The Morgan fingerprint density at radius 2 is 2.18 bits per heavy atom. The number of aromatic nitrogens is 1. The summed E-state index contributed by atoms with van der Waals surface area (Å²) in [7, 11) is 0. The Bertz CT molecular complexity index is 496. The molecule has 0 atom stereocenters. The zero-order valence-corrected chi connectivity index (χ0v) is 10.6. The Balaban J connectivity index is 2.25. The lowest BCUT2D eigenvalue weighted by Gasteiger charge is -2.10. The van der Waals surface area contributed by atoms with Gasteiger partial charge in [-0.25, -0.2) is 0 Å². The molecule has 0 aromatic carbocycles. The van der Waals surface area contributed by atoms with E-state index in [4.69, 9.17) is 12.2 Å². The number of pyridine rings is 1. The van der Waals surface area contributed by atoms with Gasteiger partial charge in [0, 0.05) is 18.9 Å². The molecule has 2 heterocycles. The van der Waals surface area contributed by atoms with Gasteiger partial charge < -0.3 is 0 Å². The van der Waals surface area contributed by atoms with E-state index < -0.39 is 0 Å². The third-order valence-corrected chi connectivity index (χ3v) is 3.57. The standard InChI is InChI=1S/C12H10N2OS2/c1-2-7-14-11(15)10(17-12(14)16)8-9-3-5-13-6-4-9/h2-6,8H,1,7H2/b10-8-. The molecule has 17 heavy (non-hydrogen) atoms. The van der Waals surface area contributed by atoms with Crippen LogP contribution < -0.4 is 0 Å².